The molecular formula is C44H32IrN4. The van der Waals surface area contributed by atoms with Crippen molar-refractivity contribution in [2.24, 2.45) is 0 Å². The fourth-order valence-corrected chi connectivity index (χ4v) is 5.48. The molecule has 0 aliphatic carbocycles. The van der Waals surface area contributed by atoms with Crippen LogP contribution < -0.4 is 0 Å². The van der Waals surface area contributed by atoms with E-state index in [1.165, 1.54) is 0 Å². The Kier molecular flexibility index (Phi) is 11.0. The van der Waals surface area contributed by atoms with Crippen molar-refractivity contribution >= 4 is 0 Å². The molecular weight excluding hydrogens is 777 g/mol. The van der Waals surface area contributed by atoms with Crippen molar-refractivity contribution in [3.63, 3.8) is 0 Å². The Bertz CT molecular complexity index is 2040. The molecule has 6 aromatic carbocycles. The molecule has 8 aromatic rings. The maximum absolute atomic E-state index is 4.93. The fourth-order valence-electron chi connectivity index (χ4n) is 5.48. The molecule has 237 valence electrons. The summed E-state index contributed by atoms with van der Waals surface area (Å²) in [6, 6.07) is 61.1. The van der Waals surface area contributed by atoms with Crippen LogP contribution in [0.4, 0.5) is 0 Å². The fraction of sp³-hybridized carbons (Fsp3) is 0. The predicted octanol–water partition coefficient (Wildman–Crippen LogP) is 11.0. The Balaban J connectivity index is 0.000000167. The van der Waals surface area contributed by atoms with Crippen LogP contribution >= 0.6 is 0 Å². The van der Waals surface area contributed by atoms with E-state index < -0.39 is 0 Å². The number of hydrogen-bond donors (Lipinski definition) is 0. The number of hydrogen-bond acceptors (Lipinski definition) is 4. The van der Waals surface area contributed by atoms with Gasteiger partial charge in [0.2, 0.25) is 0 Å². The Morgan fingerprint density at radius 3 is 0.735 bits per heavy atom. The van der Waals surface area contributed by atoms with Crippen LogP contribution in [0.5, 0.6) is 0 Å². The van der Waals surface area contributed by atoms with Crippen LogP contribution in [0.2, 0.25) is 0 Å². The molecule has 0 spiro atoms. The maximum atomic E-state index is 4.93. The van der Waals surface area contributed by atoms with E-state index in [0.717, 1.165) is 67.5 Å². The molecule has 4 nitrogen and oxygen atoms in total. The standard InChI is InChI=1S/2C22H16N2.Ir/c2*1-4-10-17(11-5-1)20-16-23-21(18-12-6-2-7-13-18)22(24-20)19-14-8-3-9-15-19;/h2*1-16H;. The minimum Gasteiger partial charge on any atom is -0.252 e. The summed E-state index contributed by atoms with van der Waals surface area (Å²) in [6.07, 6.45) is 3.70. The van der Waals surface area contributed by atoms with Crippen molar-refractivity contribution in [1.29, 1.82) is 0 Å². The summed E-state index contributed by atoms with van der Waals surface area (Å²) < 4.78 is 0. The minimum atomic E-state index is 0. The molecule has 49 heavy (non-hydrogen) atoms. The van der Waals surface area contributed by atoms with Gasteiger partial charge < -0.3 is 0 Å². The first-order valence-electron chi connectivity index (χ1n) is 15.9. The van der Waals surface area contributed by atoms with Crippen LogP contribution in [-0.4, -0.2) is 19.9 Å². The molecule has 0 aliphatic rings. The van der Waals surface area contributed by atoms with Gasteiger partial charge in [-0.2, -0.15) is 0 Å². The molecule has 0 saturated heterocycles. The van der Waals surface area contributed by atoms with Gasteiger partial charge in [-0.3, -0.25) is 9.97 Å². The third-order valence-electron chi connectivity index (χ3n) is 7.87. The molecule has 0 bridgehead atoms. The number of nitrogens with zero attached hydrogens (tertiary/aromatic N) is 4. The van der Waals surface area contributed by atoms with Crippen molar-refractivity contribution in [2.75, 3.05) is 0 Å². The van der Waals surface area contributed by atoms with E-state index in [0.29, 0.717) is 0 Å². The van der Waals surface area contributed by atoms with Gasteiger partial charge in [-0.15, -0.1) is 0 Å². The SMILES string of the molecule is [Ir].c1ccc(-c2cnc(-c3ccccc3)c(-c3ccccc3)n2)cc1.c1ccc(-c2cnc(-c3ccccc3)c(-c3ccccc3)n2)cc1. The Morgan fingerprint density at radius 1 is 0.245 bits per heavy atom. The van der Waals surface area contributed by atoms with Gasteiger partial charge in [-0.25, -0.2) is 9.97 Å². The van der Waals surface area contributed by atoms with Crippen LogP contribution in [0.25, 0.3) is 67.5 Å². The average molecular weight is 809 g/mol. The second-order valence-electron chi connectivity index (χ2n) is 11.1. The average Bonchev–Trinajstić information content (AvgIpc) is 3.20. The maximum Gasteiger partial charge on any atom is 0.0972 e. The monoisotopic (exact) mass is 809 g/mol. The molecule has 0 amide bonds. The second kappa shape index (κ2) is 16.3. The molecule has 0 unspecified atom stereocenters. The topological polar surface area (TPSA) is 51.6 Å². The van der Waals surface area contributed by atoms with E-state index >= 15 is 0 Å². The van der Waals surface area contributed by atoms with E-state index in [-0.39, 0.29) is 20.1 Å². The summed E-state index contributed by atoms with van der Waals surface area (Å²) in [5.41, 5.74) is 11.8. The second-order valence-corrected chi connectivity index (χ2v) is 11.1. The molecule has 0 aliphatic heterocycles. The number of aromatic nitrogens is 4. The molecule has 0 fully saturated rings. The van der Waals surface area contributed by atoms with Crippen molar-refractivity contribution in [1.82, 2.24) is 19.9 Å². The first kappa shape index (κ1) is 33.0. The first-order chi connectivity index (χ1) is 23.8. The largest absolute Gasteiger partial charge is 0.252 e. The van der Waals surface area contributed by atoms with Gasteiger partial charge in [0.1, 0.15) is 0 Å². The molecule has 0 atom stereocenters. The first-order valence-corrected chi connectivity index (χ1v) is 15.9. The van der Waals surface area contributed by atoms with Gasteiger partial charge in [-0.1, -0.05) is 182 Å². The smallest absolute Gasteiger partial charge is 0.0972 e. The van der Waals surface area contributed by atoms with Crippen LogP contribution in [0.3, 0.4) is 0 Å². The van der Waals surface area contributed by atoms with Gasteiger partial charge in [0.15, 0.2) is 0 Å². The summed E-state index contributed by atoms with van der Waals surface area (Å²) in [7, 11) is 0. The van der Waals surface area contributed by atoms with Gasteiger partial charge in [0, 0.05) is 53.5 Å². The van der Waals surface area contributed by atoms with Gasteiger partial charge in [0.25, 0.3) is 0 Å². The zero-order chi connectivity index (χ0) is 32.4. The molecule has 2 heterocycles. The quantitative estimate of drug-likeness (QED) is 0.168. The number of rotatable bonds is 6. The minimum absolute atomic E-state index is 0. The van der Waals surface area contributed by atoms with Crippen LogP contribution in [0, 0.1) is 0 Å². The van der Waals surface area contributed by atoms with Crippen molar-refractivity contribution in [3.05, 3.63) is 194 Å². The summed E-state index contributed by atoms with van der Waals surface area (Å²) in [6.45, 7) is 0. The van der Waals surface area contributed by atoms with Crippen LogP contribution in [0.15, 0.2) is 194 Å². The van der Waals surface area contributed by atoms with Crippen molar-refractivity contribution in [3.8, 4) is 67.5 Å². The van der Waals surface area contributed by atoms with Gasteiger partial charge in [0.05, 0.1) is 46.6 Å². The molecule has 0 saturated carbocycles. The van der Waals surface area contributed by atoms with E-state index in [1.54, 1.807) is 0 Å². The van der Waals surface area contributed by atoms with Crippen LogP contribution in [0.1, 0.15) is 0 Å². The predicted molar refractivity (Wildman–Crippen MR) is 197 cm³/mol. The van der Waals surface area contributed by atoms with E-state index in [2.05, 4.69) is 72.8 Å². The molecule has 5 heteroatoms. The summed E-state index contributed by atoms with van der Waals surface area (Å²) in [5, 5.41) is 0. The Morgan fingerprint density at radius 2 is 0.469 bits per heavy atom. The molecule has 0 N–H and O–H groups in total. The van der Waals surface area contributed by atoms with E-state index in [9.17, 15) is 0 Å². The van der Waals surface area contributed by atoms with E-state index in [4.69, 9.17) is 19.9 Å². The summed E-state index contributed by atoms with van der Waals surface area (Å²) in [4.78, 5) is 19.3. The molecule has 2 aromatic heterocycles. The third-order valence-corrected chi connectivity index (χ3v) is 7.87. The summed E-state index contributed by atoms with van der Waals surface area (Å²) >= 11 is 0. The zero-order valence-corrected chi connectivity index (χ0v) is 29.0. The Hall–Kier alpha value is -5.87. The Labute approximate surface area is 300 Å². The van der Waals surface area contributed by atoms with Gasteiger partial charge >= 0.3 is 0 Å². The molecule has 1 radical (unpaired) electrons. The molecule has 8 rings (SSSR count). The van der Waals surface area contributed by atoms with Crippen LogP contribution in [-0.2, 0) is 20.1 Å². The summed E-state index contributed by atoms with van der Waals surface area (Å²) in [5.74, 6) is 0. The third kappa shape index (κ3) is 7.99. The van der Waals surface area contributed by atoms with Crippen molar-refractivity contribution < 1.29 is 20.1 Å². The normalized spacial score (nSPS) is 10.3. The zero-order valence-electron chi connectivity index (χ0n) is 26.6. The van der Waals surface area contributed by atoms with E-state index in [1.807, 2.05) is 122 Å². The number of benzene rings is 6. The van der Waals surface area contributed by atoms with Gasteiger partial charge in [-0.05, 0) is 0 Å². The van der Waals surface area contributed by atoms with Crippen molar-refractivity contribution in [2.45, 2.75) is 0 Å².